The maximum Gasteiger partial charge on any atom is 0.107 e. The van der Waals surface area contributed by atoms with Crippen molar-refractivity contribution in [1.29, 1.82) is 0 Å². The van der Waals surface area contributed by atoms with E-state index in [0.29, 0.717) is 0 Å². The zero-order chi connectivity index (χ0) is 13.1. The Morgan fingerprint density at radius 2 is 2.00 bits per heavy atom. The Morgan fingerprint density at radius 3 is 2.72 bits per heavy atom. The van der Waals surface area contributed by atoms with Crippen molar-refractivity contribution >= 4 is 11.8 Å². The molecule has 0 bridgehead atoms. The van der Waals surface area contributed by atoms with Gasteiger partial charge in [0, 0.05) is 16.7 Å². The number of hydrogen-bond acceptors (Lipinski definition) is 3. The summed E-state index contributed by atoms with van der Waals surface area (Å²) in [7, 11) is 0. The lowest BCUT2D eigenvalue weighted by Crippen LogP contribution is -1.96. The van der Waals surface area contributed by atoms with Crippen LogP contribution in [0.25, 0.3) is 0 Å². The van der Waals surface area contributed by atoms with Crippen LogP contribution in [0.2, 0.25) is 0 Å². The number of hydrogen-bond donors (Lipinski definition) is 1. The molecular weight excluding hydrogens is 242 g/mol. The van der Waals surface area contributed by atoms with Crippen LogP contribution in [0, 0.1) is 13.8 Å². The zero-order valence-electron chi connectivity index (χ0n) is 10.8. The van der Waals surface area contributed by atoms with Gasteiger partial charge in [-0.2, -0.15) is 0 Å². The molecule has 0 fully saturated rings. The fraction of sp³-hybridized carbons (Fsp3) is 0.267. The monoisotopic (exact) mass is 259 g/mol. The Kier molecular flexibility index (Phi) is 4.04. The minimum atomic E-state index is -0.494. The van der Waals surface area contributed by atoms with E-state index < -0.39 is 6.10 Å². The highest BCUT2D eigenvalue weighted by Gasteiger charge is 2.11. The first-order valence-corrected chi connectivity index (χ1v) is 6.77. The molecule has 0 saturated carbocycles. The van der Waals surface area contributed by atoms with E-state index in [-0.39, 0.29) is 0 Å². The Morgan fingerprint density at radius 1 is 1.22 bits per heavy atom. The summed E-state index contributed by atoms with van der Waals surface area (Å²) in [5.74, 6) is 0. The van der Waals surface area contributed by atoms with Crippen molar-refractivity contribution in [2.75, 3.05) is 0 Å². The van der Waals surface area contributed by atoms with E-state index in [0.717, 1.165) is 10.6 Å². The van der Waals surface area contributed by atoms with Crippen molar-refractivity contribution in [2.45, 2.75) is 36.8 Å². The number of rotatable bonds is 3. The van der Waals surface area contributed by atoms with E-state index in [1.54, 1.807) is 24.9 Å². The summed E-state index contributed by atoms with van der Waals surface area (Å²) in [4.78, 5) is 5.56. The van der Waals surface area contributed by atoms with Crippen molar-refractivity contribution in [3.8, 4) is 0 Å². The maximum atomic E-state index is 9.75. The normalized spacial score (nSPS) is 12.4. The molecule has 0 saturated heterocycles. The van der Waals surface area contributed by atoms with Gasteiger partial charge in [-0.3, -0.25) is 0 Å². The molecule has 18 heavy (non-hydrogen) atoms. The molecule has 1 aromatic carbocycles. The fourth-order valence-corrected chi connectivity index (χ4v) is 2.88. The number of benzene rings is 1. The van der Waals surface area contributed by atoms with Gasteiger partial charge in [-0.25, -0.2) is 4.98 Å². The third-order valence-corrected chi connectivity index (χ3v) is 4.00. The second-order valence-corrected chi connectivity index (χ2v) is 5.48. The second kappa shape index (κ2) is 5.55. The molecule has 2 nitrogen and oxygen atoms in total. The molecule has 2 aromatic rings. The summed E-state index contributed by atoms with van der Waals surface area (Å²) in [6, 6.07) is 10.1. The molecule has 0 aliphatic heterocycles. The van der Waals surface area contributed by atoms with Crippen LogP contribution in [0.5, 0.6) is 0 Å². The number of aromatic nitrogens is 1. The lowest BCUT2D eigenvalue weighted by molar-refractivity contribution is 0.195. The molecule has 1 N–H and O–H groups in total. The zero-order valence-corrected chi connectivity index (χ0v) is 11.7. The van der Waals surface area contributed by atoms with Crippen LogP contribution in [0.15, 0.2) is 46.5 Å². The van der Waals surface area contributed by atoms with Crippen LogP contribution in [-0.2, 0) is 0 Å². The summed E-state index contributed by atoms with van der Waals surface area (Å²) >= 11 is 1.61. The molecule has 1 atom stereocenters. The Balaban J connectivity index is 2.37. The molecule has 0 aliphatic rings. The van der Waals surface area contributed by atoms with Crippen molar-refractivity contribution in [1.82, 2.24) is 4.98 Å². The van der Waals surface area contributed by atoms with Gasteiger partial charge in [0.25, 0.3) is 0 Å². The van der Waals surface area contributed by atoms with Gasteiger partial charge in [0.2, 0.25) is 0 Å². The largest absolute Gasteiger partial charge is 0.389 e. The van der Waals surface area contributed by atoms with Gasteiger partial charge < -0.3 is 5.11 Å². The van der Waals surface area contributed by atoms with E-state index in [9.17, 15) is 5.11 Å². The molecule has 2 rings (SSSR count). The van der Waals surface area contributed by atoms with Crippen molar-refractivity contribution in [3.63, 3.8) is 0 Å². The molecular formula is C15H17NOS. The SMILES string of the molecule is Cc1ccc(C)c(Sc2ncccc2[C@@H](C)O)c1. The third kappa shape index (κ3) is 2.92. The van der Waals surface area contributed by atoms with Crippen molar-refractivity contribution in [2.24, 2.45) is 0 Å². The van der Waals surface area contributed by atoms with E-state index >= 15 is 0 Å². The van der Waals surface area contributed by atoms with Gasteiger partial charge >= 0.3 is 0 Å². The van der Waals surface area contributed by atoms with Gasteiger partial charge in [-0.15, -0.1) is 0 Å². The lowest BCUT2D eigenvalue weighted by atomic mass is 10.2. The number of nitrogens with zero attached hydrogens (tertiary/aromatic N) is 1. The maximum absolute atomic E-state index is 9.75. The molecule has 0 aliphatic carbocycles. The van der Waals surface area contributed by atoms with E-state index in [4.69, 9.17) is 0 Å². The van der Waals surface area contributed by atoms with Crippen LogP contribution < -0.4 is 0 Å². The lowest BCUT2D eigenvalue weighted by Gasteiger charge is -2.11. The first kappa shape index (κ1) is 13.1. The van der Waals surface area contributed by atoms with Gasteiger partial charge in [-0.05, 0) is 44.0 Å². The molecule has 0 radical (unpaired) electrons. The van der Waals surface area contributed by atoms with Gasteiger partial charge in [0.05, 0.1) is 6.10 Å². The molecule has 3 heteroatoms. The third-order valence-electron chi connectivity index (χ3n) is 2.80. The van der Waals surface area contributed by atoms with Gasteiger partial charge in [0.15, 0.2) is 0 Å². The number of aliphatic hydroxyl groups is 1. The number of aryl methyl sites for hydroxylation is 2. The quantitative estimate of drug-likeness (QED) is 0.907. The molecule has 0 unspecified atom stereocenters. The summed E-state index contributed by atoms with van der Waals surface area (Å²) in [5, 5.41) is 10.6. The van der Waals surface area contributed by atoms with E-state index in [1.165, 1.54) is 16.0 Å². The van der Waals surface area contributed by atoms with Crippen LogP contribution in [-0.4, -0.2) is 10.1 Å². The molecule has 0 spiro atoms. The summed E-state index contributed by atoms with van der Waals surface area (Å²) in [6.45, 7) is 5.94. The Hall–Kier alpha value is -1.32. The van der Waals surface area contributed by atoms with Crippen molar-refractivity contribution < 1.29 is 5.11 Å². The standard InChI is InChI=1S/C15H17NOS/c1-10-6-7-11(2)14(9-10)18-15-13(12(3)17)5-4-8-16-15/h4-9,12,17H,1-3H3/t12-/m1/s1. The van der Waals surface area contributed by atoms with E-state index in [1.807, 2.05) is 12.1 Å². The molecule has 0 amide bonds. The fourth-order valence-electron chi connectivity index (χ4n) is 1.73. The predicted molar refractivity (Wildman–Crippen MR) is 74.9 cm³/mol. The highest BCUT2D eigenvalue weighted by molar-refractivity contribution is 7.99. The van der Waals surface area contributed by atoms with Crippen molar-refractivity contribution in [3.05, 3.63) is 53.2 Å². The van der Waals surface area contributed by atoms with Crippen LogP contribution in [0.3, 0.4) is 0 Å². The minimum absolute atomic E-state index is 0.494. The Labute approximate surface area is 112 Å². The minimum Gasteiger partial charge on any atom is -0.389 e. The highest BCUT2D eigenvalue weighted by atomic mass is 32.2. The summed E-state index contributed by atoms with van der Waals surface area (Å²) in [6.07, 6.45) is 1.27. The summed E-state index contributed by atoms with van der Waals surface area (Å²) < 4.78 is 0. The predicted octanol–water partition coefficient (Wildman–Crippen LogP) is 3.90. The van der Waals surface area contributed by atoms with E-state index in [2.05, 4.69) is 37.0 Å². The smallest absolute Gasteiger partial charge is 0.107 e. The van der Waals surface area contributed by atoms with Gasteiger partial charge in [0.1, 0.15) is 5.03 Å². The second-order valence-electron chi connectivity index (χ2n) is 4.44. The summed E-state index contributed by atoms with van der Waals surface area (Å²) in [5.41, 5.74) is 3.34. The molecule has 1 aromatic heterocycles. The average Bonchev–Trinajstić information content (AvgIpc) is 2.34. The average molecular weight is 259 g/mol. The Bertz CT molecular complexity index is 552. The highest BCUT2D eigenvalue weighted by Crippen LogP contribution is 2.33. The number of pyridine rings is 1. The van der Waals surface area contributed by atoms with Crippen LogP contribution in [0.4, 0.5) is 0 Å². The van der Waals surface area contributed by atoms with Gasteiger partial charge in [-0.1, -0.05) is 30.0 Å². The first-order chi connectivity index (χ1) is 8.58. The topological polar surface area (TPSA) is 33.1 Å². The first-order valence-electron chi connectivity index (χ1n) is 5.96. The van der Waals surface area contributed by atoms with Crippen LogP contribution >= 0.6 is 11.8 Å². The van der Waals surface area contributed by atoms with Crippen LogP contribution in [0.1, 0.15) is 29.7 Å². The number of aliphatic hydroxyl groups excluding tert-OH is 1. The molecule has 94 valence electrons. The molecule has 1 heterocycles.